The van der Waals surface area contributed by atoms with Crippen molar-refractivity contribution in [3.05, 3.63) is 0 Å². The van der Waals surface area contributed by atoms with Gasteiger partial charge in [-0.2, -0.15) is 11.8 Å². The molecule has 0 radical (unpaired) electrons. The van der Waals surface area contributed by atoms with Gasteiger partial charge in [0.25, 0.3) is 0 Å². The molecule has 1 heterocycles. The van der Waals surface area contributed by atoms with Gasteiger partial charge in [-0.25, -0.2) is 0 Å². The lowest BCUT2D eigenvalue weighted by Crippen LogP contribution is -2.43. The molecule has 0 spiro atoms. The fourth-order valence-electron chi connectivity index (χ4n) is 3.53. The predicted octanol–water partition coefficient (Wildman–Crippen LogP) is 2.49. The zero-order chi connectivity index (χ0) is 11.7. The standard InChI is InChI=1S/C14H26N2S/c1-2-17-14-5-3-4-13(14)15-11-8-9-16(10-11)12-6-7-12/h11-15H,2-10H2,1H3. The van der Waals surface area contributed by atoms with E-state index in [1.807, 2.05) is 0 Å². The first-order valence-electron chi connectivity index (χ1n) is 7.48. The molecule has 3 heteroatoms. The van der Waals surface area contributed by atoms with Crippen LogP contribution in [0, 0.1) is 0 Å². The Morgan fingerprint density at radius 1 is 1.18 bits per heavy atom. The summed E-state index contributed by atoms with van der Waals surface area (Å²) in [7, 11) is 0. The van der Waals surface area contributed by atoms with Crippen molar-refractivity contribution in [2.45, 2.75) is 68.8 Å². The molecule has 1 aliphatic heterocycles. The van der Waals surface area contributed by atoms with Gasteiger partial charge in [-0.1, -0.05) is 13.3 Å². The Kier molecular flexibility index (Phi) is 3.98. The first-order chi connectivity index (χ1) is 8.36. The summed E-state index contributed by atoms with van der Waals surface area (Å²) in [6.45, 7) is 4.97. The molecule has 0 aromatic carbocycles. The van der Waals surface area contributed by atoms with Crippen molar-refractivity contribution in [1.29, 1.82) is 0 Å². The van der Waals surface area contributed by atoms with E-state index in [-0.39, 0.29) is 0 Å². The number of nitrogens with zero attached hydrogens (tertiary/aromatic N) is 1. The fraction of sp³-hybridized carbons (Fsp3) is 1.00. The largest absolute Gasteiger partial charge is 0.309 e. The molecule has 98 valence electrons. The third-order valence-electron chi connectivity index (χ3n) is 4.57. The van der Waals surface area contributed by atoms with Crippen molar-refractivity contribution < 1.29 is 0 Å². The lowest BCUT2D eigenvalue weighted by atomic mass is 10.2. The van der Waals surface area contributed by atoms with Gasteiger partial charge in [0.15, 0.2) is 0 Å². The number of hydrogen-bond donors (Lipinski definition) is 1. The number of likely N-dealkylation sites (tertiary alicyclic amines) is 1. The molecule has 0 aromatic rings. The van der Waals surface area contributed by atoms with Gasteiger partial charge in [-0.3, -0.25) is 4.90 Å². The molecule has 0 amide bonds. The highest BCUT2D eigenvalue weighted by atomic mass is 32.2. The van der Waals surface area contributed by atoms with E-state index in [9.17, 15) is 0 Å². The maximum absolute atomic E-state index is 3.96. The third-order valence-corrected chi connectivity index (χ3v) is 5.89. The van der Waals surface area contributed by atoms with Crippen molar-refractivity contribution >= 4 is 11.8 Å². The van der Waals surface area contributed by atoms with Gasteiger partial charge in [0.1, 0.15) is 0 Å². The van der Waals surface area contributed by atoms with Crippen LogP contribution in [0.4, 0.5) is 0 Å². The van der Waals surface area contributed by atoms with Gasteiger partial charge >= 0.3 is 0 Å². The number of rotatable bonds is 5. The van der Waals surface area contributed by atoms with Crippen LogP contribution in [-0.4, -0.2) is 47.1 Å². The van der Waals surface area contributed by atoms with Crippen LogP contribution in [0.1, 0.15) is 45.4 Å². The van der Waals surface area contributed by atoms with Gasteiger partial charge in [0.05, 0.1) is 0 Å². The number of hydrogen-bond acceptors (Lipinski definition) is 3. The highest BCUT2D eigenvalue weighted by molar-refractivity contribution is 7.99. The van der Waals surface area contributed by atoms with Crippen molar-refractivity contribution in [3.8, 4) is 0 Å². The van der Waals surface area contributed by atoms with Crippen LogP contribution in [0.5, 0.6) is 0 Å². The average molecular weight is 254 g/mol. The topological polar surface area (TPSA) is 15.3 Å². The molecule has 1 saturated heterocycles. The SMILES string of the molecule is CCSC1CCCC1NC1CCN(C2CC2)C1. The van der Waals surface area contributed by atoms with E-state index in [2.05, 4.69) is 28.9 Å². The summed E-state index contributed by atoms with van der Waals surface area (Å²) in [5.41, 5.74) is 0. The van der Waals surface area contributed by atoms with Crippen molar-refractivity contribution in [2.24, 2.45) is 0 Å². The second kappa shape index (κ2) is 5.50. The zero-order valence-corrected chi connectivity index (χ0v) is 11.8. The summed E-state index contributed by atoms with van der Waals surface area (Å²) in [5, 5.41) is 4.86. The summed E-state index contributed by atoms with van der Waals surface area (Å²) in [5.74, 6) is 1.28. The maximum Gasteiger partial charge on any atom is 0.0210 e. The van der Waals surface area contributed by atoms with Crippen LogP contribution < -0.4 is 5.32 Å². The summed E-state index contributed by atoms with van der Waals surface area (Å²) in [4.78, 5) is 2.72. The van der Waals surface area contributed by atoms with Gasteiger partial charge in [-0.05, 0) is 37.9 Å². The summed E-state index contributed by atoms with van der Waals surface area (Å²) in [6.07, 6.45) is 8.60. The molecule has 1 N–H and O–H groups in total. The second-order valence-electron chi connectivity index (χ2n) is 5.91. The van der Waals surface area contributed by atoms with Gasteiger partial charge in [0.2, 0.25) is 0 Å². The van der Waals surface area contributed by atoms with Crippen molar-refractivity contribution in [1.82, 2.24) is 10.2 Å². The number of nitrogens with one attached hydrogen (secondary N) is 1. The van der Waals surface area contributed by atoms with E-state index in [4.69, 9.17) is 0 Å². The summed E-state index contributed by atoms with van der Waals surface area (Å²) < 4.78 is 0. The molecule has 3 fully saturated rings. The Labute approximate surface area is 110 Å². The Morgan fingerprint density at radius 3 is 2.82 bits per heavy atom. The van der Waals surface area contributed by atoms with E-state index in [1.54, 1.807) is 0 Å². The molecule has 2 nitrogen and oxygen atoms in total. The minimum absolute atomic E-state index is 0.790. The van der Waals surface area contributed by atoms with E-state index >= 15 is 0 Å². The van der Waals surface area contributed by atoms with E-state index in [0.29, 0.717) is 0 Å². The molecule has 0 bridgehead atoms. The Bertz CT molecular complexity index is 255. The molecule has 2 aliphatic carbocycles. The Morgan fingerprint density at radius 2 is 2.06 bits per heavy atom. The van der Waals surface area contributed by atoms with E-state index in [1.165, 1.54) is 57.4 Å². The first-order valence-corrected chi connectivity index (χ1v) is 8.53. The van der Waals surface area contributed by atoms with Crippen LogP contribution in [-0.2, 0) is 0 Å². The van der Waals surface area contributed by atoms with Crippen LogP contribution in [0.2, 0.25) is 0 Å². The smallest absolute Gasteiger partial charge is 0.0210 e. The van der Waals surface area contributed by atoms with E-state index in [0.717, 1.165) is 23.4 Å². The summed E-state index contributed by atoms with van der Waals surface area (Å²) >= 11 is 2.17. The van der Waals surface area contributed by atoms with Crippen LogP contribution in [0.3, 0.4) is 0 Å². The average Bonchev–Trinajstić information content (AvgIpc) is 2.93. The quantitative estimate of drug-likeness (QED) is 0.811. The number of thioether (sulfide) groups is 1. The van der Waals surface area contributed by atoms with Crippen molar-refractivity contribution in [2.75, 3.05) is 18.8 Å². The lowest BCUT2D eigenvalue weighted by Gasteiger charge is -2.24. The third kappa shape index (κ3) is 2.99. The van der Waals surface area contributed by atoms with Crippen molar-refractivity contribution in [3.63, 3.8) is 0 Å². The monoisotopic (exact) mass is 254 g/mol. The Balaban J connectivity index is 1.46. The predicted molar refractivity (Wildman–Crippen MR) is 75.7 cm³/mol. The van der Waals surface area contributed by atoms with Crippen LogP contribution in [0.15, 0.2) is 0 Å². The Hall–Kier alpha value is 0.270. The molecular weight excluding hydrogens is 228 g/mol. The fourth-order valence-corrected chi connectivity index (χ4v) is 4.74. The second-order valence-corrected chi connectivity index (χ2v) is 7.43. The minimum Gasteiger partial charge on any atom is -0.309 e. The minimum atomic E-state index is 0.790. The van der Waals surface area contributed by atoms with E-state index < -0.39 is 0 Å². The normalized spacial score (nSPS) is 39.0. The molecule has 3 atom stereocenters. The summed E-state index contributed by atoms with van der Waals surface area (Å²) in [6, 6.07) is 2.56. The van der Waals surface area contributed by atoms with Crippen LogP contribution in [0.25, 0.3) is 0 Å². The molecular formula is C14H26N2S. The molecule has 17 heavy (non-hydrogen) atoms. The van der Waals surface area contributed by atoms with Crippen LogP contribution >= 0.6 is 11.8 Å². The molecule has 2 saturated carbocycles. The maximum atomic E-state index is 3.96. The molecule has 3 rings (SSSR count). The lowest BCUT2D eigenvalue weighted by molar-refractivity contribution is 0.312. The van der Waals surface area contributed by atoms with Gasteiger partial charge < -0.3 is 5.32 Å². The highest BCUT2D eigenvalue weighted by Gasteiger charge is 2.36. The zero-order valence-electron chi connectivity index (χ0n) is 11.0. The molecule has 3 unspecified atom stereocenters. The molecule has 0 aromatic heterocycles. The molecule has 3 aliphatic rings. The highest BCUT2D eigenvalue weighted by Crippen LogP contribution is 2.33. The van der Waals surface area contributed by atoms with Gasteiger partial charge in [-0.15, -0.1) is 0 Å². The first kappa shape index (κ1) is 12.3. The van der Waals surface area contributed by atoms with Gasteiger partial charge in [0, 0.05) is 36.5 Å².